The van der Waals surface area contributed by atoms with E-state index in [1.807, 2.05) is 51.1 Å². The van der Waals surface area contributed by atoms with E-state index in [4.69, 9.17) is 4.74 Å². The van der Waals surface area contributed by atoms with Crippen LogP contribution in [0.3, 0.4) is 0 Å². The van der Waals surface area contributed by atoms with Gasteiger partial charge in [-0.2, -0.15) is 0 Å². The van der Waals surface area contributed by atoms with Crippen molar-refractivity contribution in [2.45, 2.75) is 66.2 Å². The minimum atomic E-state index is -0.0383. The van der Waals surface area contributed by atoms with Crippen LogP contribution in [0.4, 0.5) is 0 Å². The minimum absolute atomic E-state index is 0.0383. The second-order valence-corrected chi connectivity index (χ2v) is 11.6. The van der Waals surface area contributed by atoms with Crippen molar-refractivity contribution in [1.29, 1.82) is 0 Å². The first kappa shape index (κ1) is 29.7. The maximum absolute atomic E-state index is 12.8. The third-order valence-electron chi connectivity index (χ3n) is 8.12. The van der Waals surface area contributed by atoms with Crippen molar-refractivity contribution in [2.24, 2.45) is 17.8 Å². The number of hydrogen-bond acceptors (Lipinski definition) is 3. The van der Waals surface area contributed by atoms with Crippen molar-refractivity contribution in [2.75, 3.05) is 19.8 Å². The SMILES string of the molecule is CC=c1c(C)c(C(=O)NCCOCC2CC2)ccc1=CCC(C)C=CCC1CC=C(C(=O)c2ccc(C)cc2)C1. The number of allylic oxidation sites excluding steroid dienone is 4. The van der Waals surface area contributed by atoms with Gasteiger partial charge in [-0.05, 0) is 105 Å². The highest BCUT2D eigenvalue weighted by Gasteiger charge is 2.22. The third-order valence-corrected chi connectivity index (χ3v) is 8.12. The summed E-state index contributed by atoms with van der Waals surface area (Å²) in [7, 11) is 0. The number of Topliss-reactive ketones (excluding diaryl/α,β-unsaturated/α-hetero) is 1. The lowest BCUT2D eigenvalue weighted by atomic mass is 9.96. The Labute approximate surface area is 239 Å². The van der Waals surface area contributed by atoms with Crippen molar-refractivity contribution in [3.05, 3.63) is 92.9 Å². The van der Waals surface area contributed by atoms with Gasteiger partial charge in [0, 0.05) is 24.3 Å². The summed E-state index contributed by atoms with van der Waals surface area (Å²) < 4.78 is 5.64. The van der Waals surface area contributed by atoms with Gasteiger partial charge in [0.2, 0.25) is 0 Å². The first-order valence-corrected chi connectivity index (χ1v) is 14.9. The van der Waals surface area contributed by atoms with E-state index in [0.29, 0.717) is 25.0 Å². The zero-order valence-corrected chi connectivity index (χ0v) is 24.7. The summed E-state index contributed by atoms with van der Waals surface area (Å²) in [6.07, 6.45) is 17.4. The summed E-state index contributed by atoms with van der Waals surface area (Å²) in [6.45, 7) is 10.3. The number of carbonyl (C=O) groups is 2. The largest absolute Gasteiger partial charge is 0.379 e. The molecular weight excluding hydrogens is 494 g/mol. The van der Waals surface area contributed by atoms with E-state index in [2.05, 4.69) is 48.7 Å². The van der Waals surface area contributed by atoms with Crippen molar-refractivity contribution < 1.29 is 14.3 Å². The highest BCUT2D eigenvalue weighted by molar-refractivity contribution is 6.09. The van der Waals surface area contributed by atoms with Crippen LogP contribution >= 0.6 is 0 Å². The molecule has 0 bridgehead atoms. The molecule has 2 aliphatic rings. The van der Waals surface area contributed by atoms with Crippen molar-refractivity contribution in [1.82, 2.24) is 5.32 Å². The van der Waals surface area contributed by atoms with Crippen LogP contribution in [0.5, 0.6) is 0 Å². The fraction of sp³-hybridized carbons (Fsp3) is 0.444. The molecule has 4 heteroatoms. The number of carbonyl (C=O) groups excluding carboxylic acids is 2. The van der Waals surface area contributed by atoms with Gasteiger partial charge in [0.25, 0.3) is 5.91 Å². The van der Waals surface area contributed by atoms with E-state index in [9.17, 15) is 9.59 Å². The number of amides is 1. The van der Waals surface area contributed by atoms with Gasteiger partial charge in [0.1, 0.15) is 0 Å². The lowest BCUT2D eigenvalue weighted by molar-refractivity contribution is 0.0905. The molecule has 2 atom stereocenters. The predicted molar refractivity (Wildman–Crippen MR) is 165 cm³/mol. The Morgan fingerprint density at radius 1 is 1.07 bits per heavy atom. The van der Waals surface area contributed by atoms with Gasteiger partial charge in [-0.15, -0.1) is 0 Å². The molecule has 0 aromatic heterocycles. The number of ether oxygens (including phenoxy) is 1. The lowest BCUT2D eigenvalue weighted by Gasteiger charge is -2.10. The molecule has 0 aliphatic heterocycles. The Kier molecular flexibility index (Phi) is 10.7. The molecule has 1 saturated carbocycles. The first-order chi connectivity index (χ1) is 19.4. The number of aryl methyl sites for hydroxylation is 1. The molecule has 0 spiro atoms. The Bertz CT molecular complexity index is 1360. The zero-order chi connectivity index (χ0) is 28.5. The topological polar surface area (TPSA) is 55.4 Å². The molecule has 212 valence electrons. The maximum Gasteiger partial charge on any atom is 0.251 e. The monoisotopic (exact) mass is 539 g/mol. The number of hydrogen-bond donors (Lipinski definition) is 1. The number of benzene rings is 2. The molecule has 2 aliphatic carbocycles. The molecule has 1 amide bonds. The molecule has 1 N–H and O–H groups in total. The minimum Gasteiger partial charge on any atom is -0.379 e. The Hall–Kier alpha value is -3.24. The lowest BCUT2D eigenvalue weighted by Crippen LogP contribution is -2.33. The van der Waals surface area contributed by atoms with Crippen LogP contribution in [0.15, 0.2) is 60.2 Å². The van der Waals surface area contributed by atoms with Gasteiger partial charge >= 0.3 is 0 Å². The van der Waals surface area contributed by atoms with E-state index >= 15 is 0 Å². The van der Waals surface area contributed by atoms with Crippen molar-refractivity contribution in [3.63, 3.8) is 0 Å². The normalized spacial score (nSPS) is 18.8. The summed E-state index contributed by atoms with van der Waals surface area (Å²) in [5, 5.41) is 5.29. The van der Waals surface area contributed by atoms with E-state index in [-0.39, 0.29) is 11.7 Å². The number of ketones is 1. The van der Waals surface area contributed by atoms with E-state index in [1.54, 1.807) is 0 Å². The van der Waals surface area contributed by atoms with Gasteiger partial charge in [0.15, 0.2) is 5.78 Å². The second-order valence-electron chi connectivity index (χ2n) is 11.6. The second kappa shape index (κ2) is 14.4. The van der Waals surface area contributed by atoms with E-state index < -0.39 is 0 Å². The molecule has 4 nitrogen and oxygen atoms in total. The molecule has 4 rings (SSSR count). The zero-order valence-electron chi connectivity index (χ0n) is 24.7. The Morgan fingerprint density at radius 2 is 1.85 bits per heavy atom. The average Bonchev–Trinajstić information content (AvgIpc) is 3.66. The molecule has 2 aromatic rings. The first-order valence-electron chi connectivity index (χ1n) is 14.9. The van der Waals surface area contributed by atoms with Gasteiger partial charge in [-0.1, -0.05) is 73.2 Å². The van der Waals surface area contributed by atoms with Crippen LogP contribution in [0.2, 0.25) is 0 Å². The number of nitrogens with one attached hydrogen (secondary N) is 1. The summed E-state index contributed by atoms with van der Waals surface area (Å²) in [6, 6.07) is 11.9. The van der Waals surface area contributed by atoms with Gasteiger partial charge in [-0.25, -0.2) is 0 Å². The van der Waals surface area contributed by atoms with Crippen LogP contribution in [-0.2, 0) is 4.74 Å². The molecule has 0 heterocycles. The maximum atomic E-state index is 12.8. The molecule has 1 fully saturated rings. The van der Waals surface area contributed by atoms with Crippen molar-refractivity contribution >= 4 is 23.8 Å². The van der Waals surface area contributed by atoms with Gasteiger partial charge in [0.05, 0.1) is 6.61 Å². The van der Waals surface area contributed by atoms with Crippen LogP contribution in [0, 0.1) is 31.6 Å². The van der Waals surface area contributed by atoms with Crippen LogP contribution < -0.4 is 15.8 Å². The summed E-state index contributed by atoms with van der Waals surface area (Å²) in [5.74, 6) is 1.79. The summed E-state index contributed by atoms with van der Waals surface area (Å²) >= 11 is 0. The molecular formula is C36H45NO3. The third kappa shape index (κ3) is 8.38. The van der Waals surface area contributed by atoms with Gasteiger partial charge in [-0.3, -0.25) is 9.59 Å². The molecule has 2 aromatic carbocycles. The fourth-order valence-corrected chi connectivity index (χ4v) is 5.36. The summed E-state index contributed by atoms with van der Waals surface area (Å²) in [5.41, 5.74) is 4.66. The molecule has 0 saturated heterocycles. The fourth-order valence-electron chi connectivity index (χ4n) is 5.36. The van der Waals surface area contributed by atoms with Crippen LogP contribution in [0.1, 0.15) is 84.2 Å². The molecule has 2 unspecified atom stereocenters. The Balaban J connectivity index is 1.25. The summed E-state index contributed by atoms with van der Waals surface area (Å²) in [4.78, 5) is 25.6. The van der Waals surface area contributed by atoms with Crippen molar-refractivity contribution in [3.8, 4) is 0 Å². The molecule has 0 radical (unpaired) electrons. The quantitative estimate of drug-likeness (QED) is 0.186. The standard InChI is InChI=1S/C36H45NO3/c1-5-33-27(4)34(36(39)37-21-22-40-24-29-12-13-29)20-19-30(33)15-9-25(2)7-6-8-28-14-18-32(23-28)35(38)31-16-10-26(3)11-17-31/h5-7,10-11,15-20,25,28-29H,8-9,12-14,21-24H2,1-4H3,(H,37,39). The smallest absolute Gasteiger partial charge is 0.251 e. The average molecular weight is 540 g/mol. The van der Waals surface area contributed by atoms with E-state index in [0.717, 1.165) is 65.7 Å². The molecule has 40 heavy (non-hydrogen) atoms. The number of rotatable bonds is 13. The predicted octanol–water partition coefficient (Wildman–Crippen LogP) is 6.23. The van der Waals surface area contributed by atoms with Crippen LogP contribution in [0.25, 0.3) is 12.2 Å². The van der Waals surface area contributed by atoms with Crippen LogP contribution in [-0.4, -0.2) is 31.4 Å². The highest BCUT2D eigenvalue weighted by Crippen LogP contribution is 2.30. The van der Waals surface area contributed by atoms with E-state index in [1.165, 1.54) is 23.6 Å². The Morgan fingerprint density at radius 3 is 2.58 bits per heavy atom. The van der Waals surface area contributed by atoms with Gasteiger partial charge < -0.3 is 10.1 Å². The highest BCUT2D eigenvalue weighted by atomic mass is 16.5.